The Kier molecular flexibility index (Phi) is 3.00. The Morgan fingerprint density at radius 1 is 1.43 bits per heavy atom. The lowest BCUT2D eigenvalue weighted by atomic mass is 10.1. The standard InChI is InChI=1S/C11H21N3/c1-8-7-10(9(2)12-6)13-14(8)11(3,4)5/h7,9,12H,1-6H3. The average molecular weight is 195 g/mol. The van der Waals surface area contributed by atoms with Gasteiger partial charge in [-0.15, -0.1) is 0 Å². The minimum Gasteiger partial charge on any atom is -0.312 e. The zero-order chi connectivity index (χ0) is 10.9. The molecule has 3 nitrogen and oxygen atoms in total. The molecule has 1 unspecified atom stereocenters. The highest BCUT2D eigenvalue weighted by molar-refractivity contribution is 5.13. The van der Waals surface area contributed by atoms with Gasteiger partial charge in [-0.3, -0.25) is 4.68 Å². The van der Waals surface area contributed by atoms with Crippen LogP contribution < -0.4 is 5.32 Å². The van der Waals surface area contributed by atoms with E-state index in [-0.39, 0.29) is 5.54 Å². The summed E-state index contributed by atoms with van der Waals surface area (Å²) >= 11 is 0. The molecule has 0 aliphatic rings. The third-order valence-electron chi connectivity index (χ3n) is 2.42. The van der Waals surface area contributed by atoms with Gasteiger partial charge in [0.25, 0.3) is 0 Å². The summed E-state index contributed by atoms with van der Waals surface area (Å²) < 4.78 is 2.08. The molecule has 80 valence electrons. The van der Waals surface area contributed by atoms with Gasteiger partial charge < -0.3 is 5.32 Å². The van der Waals surface area contributed by atoms with Crippen molar-refractivity contribution in [2.75, 3.05) is 7.05 Å². The molecule has 1 N–H and O–H groups in total. The highest BCUT2D eigenvalue weighted by Gasteiger charge is 2.18. The summed E-state index contributed by atoms with van der Waals surface area (Å²) in [6, 6.07) is 2.46. The molecule has 0 radical (unpaired) electrons. The van der Waals surface area contributed by atoms with E-state index in [0.717, 1.165) is 5.69 Å². The molecule has 14 heavy (non-hydrogen) atoms. The lowest BCUT2D eigenvalue weighted by Gasteiger charge is -2.21. The van der Waals surface area contributed by atoms with Gasteiger partial charge in [0.05, 0.1) is 11.2 Å². The minimum absolute atomic E-state index is 0.0653. The van der Waals surface area contributed by atoms with Crippen molar-refractivity contribution in [3.05, 3.63) is 17.5 Å². The zero-order valence-electron chi connectivity index (χ0n) is 10.0. The predicted octanol–water partition coefficient (Wildman–Crippen LogP) is 2.23. The van der Waals surface area contributed by atoms with Gasteiger partial charge in [-0.2, -0.15) is 5.10 Å². The third-order valence-corrected chi connectivity index (χ3v) is 2.42. The van der Waals surface area contributed by atoms with Crippen LogP contribution in [0.5, 0.6) is 0 Å². The Hall–Kier alpha value is -0.830. The molecule has 3 heteroatoms. The first kappa shape index (κ1) is 11.2. The number of hydrogen-bond acceptors (Lipinski definition) is 2. The molecule has 1 atom stereocenters. The summed E-state index contributed by atoms with van der Waals surface area (Å²) in [4.78, 5) is 0. The van der Waals surface area contributed by atoms with Gasteiger partial charge in [-0.1, -0.05) is 0 Å². The SMILES string of the molecule is CNC(C)c1cc(C)n(C(C)(C)C)n1. The Morgan fingerprint density at radius 3 is 2.36 bits per heavy atom. The molecule has 0 bridgehead atoms. The van der Waals surface area contributed by atoms with Crippen molar-refractivity contribution in [3.63, 3.8) is 0 Å². The largest absolute Gasteiger partial charge is 0.312 e. The van der Waals surface area contributed by atoms with Gasteiger partial charge in [-0.05, 0) is 47.7 Å². The van der Waals surface area contributed by atoms with Crippen LogP contribution >= 0.6 is 0 Å². The van der Waals surface area contributed by atoms with Crippen LogP contribution in [0.25, 0.3) is 0 Å². The second-order valence-corrected chi connectivity index (χ2v) is 4.80. The zero-order valence-corrected chi connectivity index (χ0v) is 10.0. The molecular weight excluding hydrogens is 174 g/mol. The summed E-state index contributed by atoms with van der Waals surface area (Å²) in [5.41, 5.74) is 2.39. The van der Waals surface area contributed by atoms with E-state index >= 15 is 0 Å². The van der Waals surface area contributed by atoms with Crippen LogP contribution in [0.15, 0.2) is 6.07 Å². The topological polar surface area (TPSA) is 29.9 Å². The predicted molar refractivity (Wildman–Crippen MR) is 59.4 cm³/mol. The smallest absolute Gasteiger partial charge is 0.0794 e. The molecule has 1 aromatic rings. The van der Waals surface area contributed by atoms with Crippen molar-refractivity contribution in [1.82, 2.24) is 15.1 Å². The van der Waals surface area contributed by atoms with Crippen LogP contribution in [-0.4, -0.2) is 16.8 Å². The van der Waals surface area contributed by atoms with Crippen LogP contribution in [0.1, 0.15) is 45.1 Å². The van der Waals surface area contributed by atoms with E-state index in [1.807, 2.05) is 7.05 Å². The maximum absolute atomic E-state index is 4.61. The molecule has 0 aliphatic heterocycles. The third kappa shape index (κ3) is 2.15. The van der Waals surface area contributed by atoms with Crippen LogP contribution in [0, 0.1) is 6.92 Å². The lowest BCUT2D eigenvalue weighted by molar-refractivity contribution is 0.343. The molecule has 0 aliphatic carbocycles. The maximum Gasteiger partial charge on any atom is 0.0794 e. The molecule has 0 spiro atoms. The number of aromatic nitrogens is 2. The fourth-order valence-corrected chi connectivity index (χ4v) is 1.54. The van der Waals surface area contributed by atoms with E-state index in [1.54, 1.807) is 0 Å². The average Bonchev–Trinajstić information content (AvgIpc) is 2.45. The molecule has 1 heterocycles. The van der Waals surface area contributed by atoms with Crippen LogP contribution in [0.2, 0.25) is 0 Å². The van der Waals surface area contributed by atoms with Crippen molar-refractivity contribution in [2.24, 2.45) is 0 Å². The van der Waals surface area contributed by atoms with Gasteiger partial charge in [0, 0.05) is 11.7 Å². The van der Waals surface area contributed by atoms with E-state index in [9.17, 15) is 0 Å². The van der Waals surface area contributed by atoms with Crippen molar-refractivity contribution in [1.29, 1.82) is 0 Å². The second-order valence-electron chi connectivity index (χ2n) is 4.80. The number of hydrogen-bond donors (Lipinski definition) is 1. The number of nitrogens with zero attached hydrogens (tertiary/aromatic N) is 2. The van der Waals surface area contributed by atoms with E-state index < -0.39 is 0 Å². The van der Waals surface area contributed by atoms with Gasteiger partial charge >= 0.3 is 0 Å². The highest BCUT2D eigenvalue weighted by atomic mass is 15.3. The number of rotatable bonds is 2. The number of aryl methyl sites for hydroxylation is 1. The molecule has 0 saturated heterocycles. The van der Waals surface area contributed by atoms with E-state index in [4.69, 9.17) is 0 Å². The van der Waals surface area contributed by atoms with E-state index in [0.29, 0.717) is 6.04 Å². The first-order valence-corrected chi connectivity index (χ1v) is 5.10. The van der Waals surface area contributed by atoms with Crippen molar-refractivity contribution >= 4 is 0 Å². The summed E-state index contributed by atoms with van der Waals surface area (Å²) in [6.07, 6.45) is 0. The molecule has 1 aromatic heterocycles. The molecular formula is C11H21N3. The van der Waals surface area contributed by atoms with Gasteiger partial charge in [0.2, 0.25) is 0 Å². The molecule has 0 fully saturated rings. The summed E-state index contributed by atoms with van der Waals surface area (Å²) in [6.45, 7) is 10.7. The molecule has 0 amide bonds. The van der Waals surface area contributed by atoms with Gasteiger partial charge in [-0.25, -0.2) is 0 Å². The van der Waals surface area contributed by atoms with Gasteiger partial charge in [0.1, 0.15) is 0 Å². The van der Waals surface area contributed by atoms with Crippen molar-refractivity contribution in [2.45, 2.75) is 46.2 Å². The lowest BCUT2D eigenvalue weighted by Crippen LogP contribution is -2.25. The highest BCUT2D eigenvalue weighted by Crippen LogP contribution is 2.19. The van der Waals surface area contributed by atoms with Crippen molar-refractivity contribution in [3.8, 4) is 0 Å². The monoisotopic (exact) mass is 195 g/mol. The second kappa shape index (κ2) is 3.73. The van der Waals surface area contributed by atoms with Gasteiger partial charge in [0.15, 0.2) is 0 Å². The minimum atomic E-state index is 0.0653. The fourth-order valence-electron chi connectivity index (χ4n) is 1.54. The Labute approximate surface area is 86.5 Å². The molecule has 0 saturated carbocycles. The number of nitrogens with one attached hydrogen (secondary N) is 1. The Balaban J connectivity index is 3.05. The summed E-state index contributed by atoms with van der Waals surface area (Å²) in [7, 11) is 1.95. The van der Waals surface area contributed by atoms with E-state index in [1.165, 1.54) is 5.69 Å². The Morgan fingerprint density at radius 2 is 2.00 bits per heavy atom. The molecule has 0 aromatic carbocycles. The molecule has 1 rings (SSSR count). The van der Waals surface area contributed by atoms with Crippen molar-refractivity contribution < 1.29 is 0 Å². The summed E-state index contributed by atoms with van der Waals surface area (Å²) in [5.74, 6) is 0. The Bertz CT molecular complexity index is 307. The van der Waals surface area contributed by atoms with Crippen LogP contribution in [-0.2, 0) is 5.54 Å². The van der Waals surface area contributed by atoms with E-state index in [2.05, 4.69) is 55.8 Å². The normalized spacial score (nSPS) is 14.4. The van der Waals surface area contributed by atoms with Crippen LogP contribution in [0.4, 0.5) is 0 Å². The summed E-state index contributed by atoms with van der Waals surface area (Å²) in [5, 5.41) is 7.80. The van der Waals surface area contributed by atoms with Crippen LogP contribution in [0.3, 0.4) is 0 Å². The first-order valence-electron chi connectivity index (χ1n) is 5.10. The quantitative estimate of drug-likeness (QED) is 0.784. The fraction of sp³-hybridized carbons (Fsp3) is 0.727. The first-order chi connectivity index (χ1) is 6.36. The maximum atomic E-state index is 4.61.